The van der Waals surface area contributed by atoms with E-state index < -0.39 is 5.60 Å². The molecule has 0 fully saturated rings. The van der Waals surface area contributed by atoms with Crippen molar-refractivity contribution in [2.45, 2.75) is 5.60 Å². The molecule has 1 aromatic heterocycles. The fraction of sp³-hybridized carbons (Fsp3) is 0.150. The van der Waals surface area contributed by atoms with Gasteiger partial charge in [-0.3, -0.25) is 4.98 Å². The first-order valence-corrected chi connectivity index (χ1v) is 7.61. The molecule has 2 aromatic carbocycles. The number of nitrogens with zero attached hydrogens (tertiary/aromatic N) is 1. The Morgan fingerprint density at radius 2 is 1.25 bits per heavy atom. The molecule has 0 aliphatic heterocycles. The van der Waals surface area contributed by atoms with Crippen LogP contribution in [0.1, 0.15) is 16.8 Å². The Labute approximate surface area is 141 Å². The second-order valence-electron chi connectivity index (χ2n) is 5.38. The zero-order valence-corrected chi connectivity index (χ0v) is 13.6. The van der Waals surface area contributed by atoms with Crippen molar-refractivity contribution < 1.29 is 14.6 Å². The van der Waals surface area contributed by atoms with E-state index in [0.717, 1.165) is 11.5 Å². The first-order chi connectivity index (χ1) is 11.7. The lowest BCUT2D eigenvalue weighted by atomic mass is 9.83. The lowest BCUT2D eigenvalue weighted by molar-refractivity contribution is 0.120. The molecule has 3 rings (SSSR count). The maximum Gasteiger partial charge on any atom is 0.157 e. The molecule has 4 nitrogen and oxygen atoms in total. The van der Waals surface area contributed by atoms with Crippen LogP contribution in [0.25, 0.3) is 0 Å². The monoisotopic (exact) mass is 321 g/mol. The van der Waals surface area contributed by atoms with E-state index in [1.807, 2.05) is 66.7 Å². The van der Waals surface area contributed by atoms with E-state index in [1.54, 1.807) is 20.4 Å². The zero-order chi connectivity index (χ0) is 17.0. The van der Waals surface area contributed by atoms with Gasteiger partial charge in [-0.1, -0.05) is 30.3 Å². The minimum atomic E-state index is -1.36. The van der Waals surface area contributed by atoms with Gasteiger partial charge in [0.25, 0.3) is 0 Å². The summed E-state index contributed by atoms with van der Waals surface area (Å²) in [4.78, 5) is 4.38. The maximum absolute atomic E-state index is 11.6. The first-order valence-electron chi connectivity index (χ1n) is 7.61. The van der Waals surface area contributed by atoms with Gasteiger partial charge in [-0.15, -0.1) is 0 Å². The average Bonchev–Trinajstić information content (AvgIpc) is 2.68. The Balaban J connectivity index is 2.16. The largest absolute Gasteiger partial charge is 0.497 e. The van der Waals surface area contributed by atoms with E-state index >= 15 is 0 Å². The van der Waals surface area contributed by atoms with Crippen molar-refractivity contribution in [3.8, 4) is 11.5 Å². The quantitative estimate of drug-likeness (QED) is 0.783. The summed E-state index contributed by atoms with van der Waals surface area (Å²) in [5, 5.41) is 11.6. The molecule has 3 aromatic rings. The fourth-order valence-electron chi connectivity index (χ4n) is 2.70. The number of benzene rings is 2. The number of rotatable bonds is 5. The van der Waals surface area contributed by atoms with E-state index in [0.29, 0.717) is 16.8 Å². The third-order valence-electron chi connectivity index (χ3n) is 4.05. The molecule has 0 radical (unpaired) electrons. The van der Waals surface area contributed by atoms with E-state index in [2.05, 4.69) is 4.98 Å². The van der Waals surface area contributed by atoms with Gasteiger partial charge in [0.2, 0.25) is 0 Å². The number of ether oxygens (including phenoxy) is 2. The van der Waals surface area contributed by atoms with Crippen molar-refractivity contribution in [2.75, 3.05) is 14.2 Å². The van der Waals surface area contributed by atoms with Crippen molar-refractivity contribution in [3.63, 3.8) is 0 Å². The summed E-state index contributed by atoms with van der Waals surface area (Å²) in [6.45, 7) is 0. The predicted octanol–water partition coefficient (Wildman–Crippen LogP) is 3.38. The summed E-state index contributed by atoms with van der Waals surface area (Å²) in [5.74, 6) is 1.47. The summed E-state index contributed by atoms with van der Waals surface area (Å²) in [5.41, 5.74) is 0.624. The van der Waals surface area contributed by atoms with Crippen molar-refractivity contribution in [2.24, 2.45) is 0 Å². The van der Waals surface area contributed by atoms with Gasteiger partial charge in [-0.05, 0) is 47.5 Å². The van der Waals surface area contributed by atoms with Crippen LogP contribution in [0.5, 0.6) is 11.5 Å². The van der Waals surface area contributed by atoms with Gasteiger partial charge in [0.05, 0.1) is 19.9 Å². The zero-order valence-electron chi connectivity index (χ0n) is 13.6. The Bertz CT molecular complexity index is 736. The van der Waals surface area contributed by atoms with Crippen LogP contribution in [-0.4, -0.2) is 24.3 Å². The topological polar surface area (TPSA) is 51.6 Å². The molecular formula is C20H19NO3. The Morgan fingerprint density at radius 3 is 1.62 bits per heavy atom. The van der Waals surface area contributed by atoms with Gasteiger partial charge >= 0.3 is 0 Å². The minimum absolute atomic E-state index is 0.556. The van der Waals surface area contributed by atoms with E-state index in [4.69, 9.17) is 9.47 Å². The number of pyridine rings is 1. The van der Waals surface area contributed by atoms with Gasteiger partial charge in [0, 0.05) is 6.20 Å². The number of hydrogen-bond donors (Lipinski definition) is 1. The standard InChI is InChI=1S/C20H19NO3/c1-23-17-10-6-15(7-11-17)20(22,19-5-3-4-14-21-19)16-8-12-18(24-2)13-9-16/h3-14,22H,1-2H3. The number of aliphatic hydroxyl groups is 1. The Hall–Kier alpha value is -2.85. The van der Waals surface area contributed by atoms with Crippen LogP contribution >= 0.6 is 0 Å². The van der Waals surface area contributed by atoms with E-state index in [9.17, 15) is 5.11 Å². The van der Waals surface area contributed by atoms with Gasteiger partial charge in [0.15, 0.2) is 5.60 Å². The van der Waals surface area contributed by atoms with E-state index in [1.165, 1.54) is 0 Å². The molecule has 0 saturated heterocycles. The average molecular weight is 321 g/mol. The summed E-state index contributed by atoms with van der Waals surface area (Å²) < 4.78 is 10.4. The molecule has 24 heavy (non-hydrogen) atoms. The van der Waals surface area contributed by atoms with E-state index in [-0.39, 0.29) is 0 Å². The van der Waals surface area contributed by atoms with Gasteiger partial charge in [-0.2, -0.15) is 0 Å². The molecular weight excluding hydrogens is 302 g/mol. The molecule has 0 atom stereocenters. The maximum atomic E-state index is 11.6. The highest BCUT2D eigenvalue weighted by atomic mass is 16.5. The van der Waals surface area contributed by atoms with Crippen LogP contribution in [0.4, 0.5) is 0 Å². The molecule has 4 heteroatoms. The minimum Gasteiger partial charge on any atom is -0.497 e. The van der Waals surface area contributed by atoms with Gasteiger partial charge < -0.3 is 14.6 Å². The molecule has 0 spiro atoms. The van der Waals surface area contributed by atoms with Gasteiger partial charge in [0.1, 0.15) is 11.5 Å². The highest BCUT2D eigenvalue weighted by Crippen LogP contribution is 2.36. The van der Waals surface area contributed by atoms with Crippen molar-refractivity contribution in [3.05, 3.63) is 89.7 Å². The third-order valence-corrected chi connectivity index (χ3v) is 4.05. The Morgan fingerprint density at radius 1 is 0.750 bits per heavy atom. The van der Waals surface area contributed by atoms with Crippen LogP contribution < -0.4 is 9.47 Å². The van der Waals surface area contributed by atoms with Crippen molar-refractivity contribution >= 4 is 0 Å². The molecule has 0 bridgehead atoms. The van der Waals surface area contributed by atoms with Crippen LogP contribution in [0.15, 0.2) is 72.9 Å². The Kier molecular flexibility index (Phi) is 4.49. The first kappa shape index (κ1) is 16.0. The number of hydrogen-bond acceptors (Lipinski definition) is 4. The summed E-state index contributed by atoms with van der Waals surface area (Å²) in [6.07, 6.45) is 1.67. The second kappa shape index (κ2) is 6.72. The molecule has 0 aliphatic carbocycles. The molecule has 1 heterocycles. The van der Waals surface area contributed by atoms with Gasteiger partial charge in [-0.25, -0.2) is 0 Å². The molecule has 0 saturated carbocycles. The summed E-state index contributed by atoms with van der Waals surface area (Å²) in [6, 6.07) is 20.2. The molecule has 0 amide bonds. The highest BCUT2D eigenvalue weighted by Gasteiger charge is 2.35. The van der Waals surface area contributed by atoms with Crippen LogP contribution in [0.3, 0.4) is 0 Å². The van der Waals surface area contributed by atoms with Crippen LogP contribution in [-0.2, 0) is 5.60 Å². The third kappa shape index (κ3) is 2.84. The lowest BCUT2D eigenvalue weighted by Gasteiger charge is -2.29. The normalized spacial score (nSPS) is 11.1. The molecule has 0 aliphatic rings. The fourth-order valence-corrected chi connectivity index (χ4v) is 2.70. The van der Waals surface area contributed by atoms with Crippen LogP contribution in [0.2, 0.25) is 0 Å². The molecule has 122 valence electrons. The molecule has 1 N–H and O–H groups in total. The summed E-state index contributed by atoms with van der Waals surface area (Å²) >= 11 is 0. The van der Waals surface area contributed by atoms with Crippen LogP contribution in [0, 0.1) is 0 Å². The summed E-state index contributed by atoms with van der Waals surface area (Å²) in [7, 11) is 3.23. The molecule has 0 unspecified atom stereocenters. The predicted molar refractivity (Wildman–Crippen MR) is 92.3 cm³/mol. The SMILES string of the molecule is COc1ccc(C(O)(c2ccc(OC)cc2)c2ccccn2)cc1. The number of aromatic nitrogens is 1. The highest BCUT2D eigenvalue weighted by molar-refractivity contribution is 5.47. The smallest absolute Gasteiger partial charge is 0.157 e. The number of methoxy groups -OCH3 is 2. The van der Waals surface area contributed by atoms with Crippen molar-refractivity contribution in [1.82, 2.24) is 4.98 Å². The van der Waals surface area contributed by atoms with Crippen molar-refractivity contribution in [1.29, 1.82) is 0 Å². The lowest BCUT2D eigenvalue weighted by Crippen LogP contribution is -2.29. The second-order valence-corrected chi connectivity index (χ2v) is 5.38.